The zero-order valence-corrected chi connectivity index (χ0v) is 11.1. The normalized spacial score (nSPS) is 24.4. The van der Waals surface area contributed by atoms with Gasteiger partial charge in [-0.05, 0) is 17.4 Å². The molecule has 0 radical (unpaired) electrons. The summed E-state index contributed by atoms with van der Waals surface area (Å²) in [5, 5.41) is 0. The molecule has 100 valence electrons. The van der Waals surface area contributed by atoms with Crippen LogP contribution in [-0.4, -0.2) is 23.9 Å². The highest BCUT2D eigenvalue weighted by atomic mass is 19.3. The van der Waals surface area contributed by atoms with E-state index < -0.39 is 5.92 Å². The van der Waals surface area contributed by atoms with E-state index in [9.17, 15) is 8.78 Å². The van der Waals surface area contributed by atoms with E-state index in [0.717, 1.165) is 12.1 Å². The van der Waals surface area contributed by atoms with E-state index in [1.807, 2.05) is 49.1 Å². The molecule has 1 saturated heterocycles. The summed E-state index contributed by atoms with van der Waals surface area (Å²) in [4.78, 5) is 1.89. The molecule has 2 rings (SSSR count). The van der Waals surface area contributed by atoms with Gasteiger partial charge < -0.3 is 0 Å². The Morgan fingerprint density at radius 1 is 1.28 bits per heavy atom. The van der Waals surface area contributed by atoms with Crippen LogP contribution in [-0.2, 0) is 6.54 Å². The number of benzene rings is 1. The Morgan fingerprint density at radius 2 is 1.94 bits per heavy atom. The van der Waals surface area contributed by atoms with Gasteiger partial charge in [0, 0.05) is 19.5 Å². The summed E-state index contributed by atoms with van der Waals surface area (Å²) < 4.78 is 27.5. The van der Waals surface area contributed by atoms with E-state index in [1.165, 1.54) is 0 Å². The molecule has 3 heteroatoms. The first-order valence-corrected chi connectivity index (χ1v) is 6.60. The minimum absolute atomic E-state index is 0.0377. The van der Waals surface area contributed by atoms with E-state index in [-0.39, 0.29) is 18.9 Å². The third kappa shape index (κ3) is 3.52. The predicted molar refractivity (Wildman–Crippen MR) is 69.6 cm³/mol. The highest BCUT2D eigenvalue weighted by Crippen LogP contribution is 2.34. The van der Waals surface area contributed by atoms with Crippen molar-refractivity contribution in [3.05, 3.63) is 35.9 Å². The zero-order valence-electron chi connectivity index (χ0n) is 11.1. The first-order valence-electron chi connectivity index (χ1n) is 6.60. The molecule has 0 N–H and O–H groups in total. The van der Waals surface area contributed by atoms with Crippen LogP contribution in [0, 0.1) is 11.8 Å². The fourth-order valence-corrected chi connectivity index (χ4v) is 2.64. The molecular formula is C15H21F2N. The molecule has 0 unspecified atom stereocenters. The lowest BCUT2D eigenvalue weighted by Gasteiger charge is -2.39. The molecule has 1 aliphatic rings. The van der Waals surface area contributed by atoms with Crippen LogP contribution in [0.5, 0.6) is 0 Å². The number of hydrogen-bond acceptors (Lipinski definition) is 1. The van der Waals surface area contributed by atoms with Gasteiger partial charge in [-0.25, -0.2) is 8.78 Å². The van der Waals surface area contributed by atoms with Gasteiger partial charge in [-0.1, -0.05) is 44.2 Å². The van der Waals surface area contributed by atoms with Crippen LogP contribution in [0.15, 0.2) is 30.3 Å². The monoisotopic (exact) mass is 253 g/mol. The van der Waals surface area contributed by atoms with Gasteiger partial charge in [0.1, 0.15) is 0 Å². The molecule has 0 bridgehead atoms. The van der Waals surface area contributed by atoms with Gasteiger partial charge in [-0.3, -0.25) is 4.90 Å². The number of likely N-dealkylation sites (tertiary alicyclic amines) is 1. The largest absolute Gasteiger partial charge is 0.293 e. The van der Waals surface area contributed by atoms with Crippen molar-refractivity contribution < 1.29 is 8.78 Å². The van der Waals surface area contributed by atoms with Crippen molar-refractivity contribution in [2.75, 3.05) is 13.1 Å². The molecule has 0 aliphatic carbocycles. The lowest BCUT2D eigenvalue weighted by atomic mass is 9.86. The third-order valence-electron chi connectivity index (χ3n) is 3.70. The summed E-state index contributed by atoms with van der Waals surface area (Å²) in [5.74, 6) is -2.13. The zero-order chi connectivity index (χ0) is 13.2. The van der Waals surface area contributed by atoms with Crippen molar-refractivity contribution in [2.24, 2.45) is 11.8 Å². The van der Waals surface area contributed by atoms with Gasteiger partial charge in [0.2, 0.25) is 0 Å². The van der Waals surface area contributed by atoms with Gasteiger partial charge in [-0.15, -0.1) is 0 Å². The van der Waals surface area contributed by atoms with Crippen molar-refractivity contribution >= 4 is 0 Å². The highest BCUT2D eigenvalue weighted by Gasteiger charge is 2.40. The van der Waals surface area contributed by atoms with Crippen LogP contribution in [0.3, 0.4) is 0 Å². The topological polar surface area (TPSA) is 3.24 Å². The quantitative estimate of drug-likeness (QED) is 0.792. The Morgan fingerprint density at radius 3 is 2.56 bits per heavy atom. The number of halogens is 2. The van der Waals surface area contributed by atoms with Crippen LogP contribution >= 0.6 is 0 Å². The van der Waals surface area contributed by atoms with E-state index in [2.05, 4.69) is 0 Å². The number of hydrogen-bond donors (Lipinski definition) is 0. The molecule has 1 fully saturated rings. The summed E-state index contributed by atoms with van der Waals surface area (Å²) in [7, 11) is 0. The minimum Gasteiger partial charge on any atom is -0.293 e. The van der Waals surface area contributed by atoms with E-state index in [4.69, 9.17) is 0 Å². The lowest BCUT2D eigenvalue weighted by molar-refractivity contribution is -0.0940. The molecule has 18 heavy (non-hydrogen) atoms. The van der Waals surface area contributed by atoms with Gasteiger partial charge >= 0.3 is 0 Å². The van der Waals surface area contributed by atoms with Crippen LogP contribution in [0.2, 0.25) is 0 Å². The Hall–Kier alpha value is -0.960. The molecule has 0 amide bonds. The van der Waals surface area contributed by atoms with Crippen molar-refractivity contribution in [1.29, 1.82) is 0 Å². The van der Waals surface area contributed by atoms with Crippen molar-refractivity contribution in [1.82, 2.24) is 4.90 Å². The molecule has 1 aliphatic heterocycles. The second-order valence-corrected chi connectivity index (χ2v) is 5.72. The molecule has 0 spiro atoms. The molecule has 1 nitrogen and oxygen atoms in total. The maximum absolute atomic E-state index is 13.7. The number of nitrogens with zero attached hydrogens (tertiary/aromatic N) is 1. The number of piperidine rings is 1. The third-order valence-corrected chi connectivity index (χ3v) is 3.70. The molecular weight excluding hydrogens is 232 g/mol. The summed E-state index contributed by atoms with van der Waals surface area (Å²) in [6.45, 7) is 5.37. The van der Waals surface area contributed by atoms with Crippen LogP contribution < -0.4 is 0 Å². The van der Waals surface area contributed by atoms with Crippen molar-refractivity contribution in [3.63, 3.8) is 0 Å². The maximum atomic E-state index is 13.7. The smallest absolute Gasteiger partial charge is 0.260 e. The van der Waals surface area contributed by atoms with E-state index in [1.54, 1.807) is 0 Å². The fraction of sp³-hybridized carbons (Fsp3) is 0.600. The second-order valence-electron chi connectivity index (χ2n) is 5.72. The van der Waals surface area contributed by atoms with Crippen molar-refractivity contribution in [2.45, 2.75) is 32.7 Å². The fourth-order valence-electron chi connectivity index (χ4n) is 2.64. The predicted octanol–water partition coefficient (Wildman–Crippen LogP) is 3.80. The highest BCUT2D eigenvalue weighted by molar-refractivity contribution is 5.14. The standard InChI is InChI=1S/C15H21F2N/c1-12(2)14-8-15(16,17)11-18(10-14)9-13-6-4-3-5-7-13/h3-7,12,14H,8-11H2,1-2H3/t14-/m1/s1. The van der Waals surface area contributed by atoms with Crippen LogP contribution in [0.1, 0.15) is 25.8 Å². The summed E-state index contributed by atoms with van der Waals surface area (Å²) in [6, 6.07) is 9.86. The van der Waals surface area contributed by atoms with Gasteiger partial charge in [-0.2, -0.15) is 0 Å². The average Bonchev–Trinajstić information content (AvgIpc) is 2.28. The first kappa shape index (κ1) is 13.5. The SMILES string of the molecule is CC(C)[C@H]1CN(Cc2ccccc2)CC(F)(F)C1. The average molecular weight is 253 g/mol. The molecule has 1 heterocycles. The van der Waals surface area contributed by atoms with Crippen LogP contribution in [0.25, 0.3) is 0 Å². The van der Waals surface area contributed by atoms with Crippen molar-refractivity contribution in [3.8, 4) is 0 Å². The van der Waals surface area contributed by atoms with Crippen LogP contribution in [0.4, 0.5) is 8.78 Å². The summed E-state index contributed by atoms with van der Waals surface area (Å²) in [6.07, 6.45) is 0.0377. The number of rotatable bonds is 3. The molecule has 1 atom stereocenters. The number of alkyl halides is 2. The minimum atomic E-state index is -2.54. The van der Waals surface area contributed by atoms with Gasteiger partial charge in [0.05, 0.1) is 6.54 Å². The van der Waals surface area contributed by atoms with E-state index in [0.29, 0.717) is 12.5 Å². The molecule has 0 saturated carbocycles. The Bertz CT molecular complexity index is 375. The Labute approximate surface area is 108 Å². The van der Waals surface area contributed by atoms with E-state index >= 15 is 0 Å². The molecule has 0 aromatic heterocycles. The Kier molecular flexibility index (Phi) is 4.00. The van der Waals surface area contributed by atoms with Gasteiger partial charge in [0.25, 0.3) is 5.92 Å². The summed E-state index contributed by atoms with van der Waals surface area (Å²) in [5.41, 5.74) is 1.11. The lowest BCUT2D eigenvalue weighted by Crippen LogP contribution is -2.47. The Balaban J connectivity index is 2.04. The second kappa shape index (κ2) is 5.35. The first-order chi connectivity index (χ1) is 8.46. The molecule has 1 aromatic carbocycles. The van der Waals surface area contributed by atoms with Gasteiger partial charge in [0.15, 0.2) is 0 Å². The molecule has 1 aromatic rings. The maximum Gasteiger partial charge on any atom is 0.260 e. The summed E-state index contributed by atoms with van der Waals surface area (Å²) >= 11 is 0.